The van der Waals surface area contributed by atoms with Gasteiger partial charge in [-0.15, -0.1) is 0 Å². The van der Waals surface area contributed by atoms with Gasteiger partial charge in [0.05, 0.1) is 25.4 Å². The first-order valence-electron chi connectivity index (χ1n) is 9.74. The Bertz CT molecular complexity index is 628. The predicted molar refractivity (Wildman–Crippen MR) is 94.4 cm³/mol. The van der Waals surface area contributed by atoms with Crippen molar-refractivity contribution in [3.63, 3.8) is 0 Å². The van der Waals surface area contributed by atoms with Gasteiger partial charge in [0, 0.05) is 31.3 Å². The minimum Gasteiger partial charge on any atom is -0.390 e. The molecule has 0 unspecified atom stereocenters. The number of aliphatic hydroxyl groups excluding tert-OH is 1. The predicted octanol–water partition coefficient (Wildman–Crippen LogP) is 1.56. The number of fused-ring (bicyclic) bond motifs is 2. The number of nitrogens with one attached hydrogen (secondary N) is 1. The molecule has 3 aliphatic heterocycles. The van der Waals surface area contributed by atoms with Gasteiger partial charge >= 0.3 is 0 Å². The number of likely N-dealkylation sites (tertiary alicyclic amines) is 1. The number of ether oxygens (including phenoxy) is 2. The van der Waals surface area contributed by atoms with Crippen molar-refractivity contribution in [3.8, 4) is 0 Å². The van der Waals surface area contributed by atoms with E-state index >= 15 is 0 Å². The van der Waals surface area contributed by atoms with Crippen molar-refractivity contribution in [1.29, 1.82) is 0 Å². The zero-order chi connectivity index (χ0) is 16.9. The maximum atomic E-state index is 11.5. The Balaban J connectivity index is 1.44. The van der Waals surface area contributed by atoms with Crippen LogP contribution in [0.15, 0.2) is 24.3 Å². The van der Waals surface area contributed by atoms with Crippen LogP contribution < -0.4 is 5.32 Å². The van der Waals surface area contributed by atoms with E-state index in [1.54, 1.807) is 0 Å². The van der Waals surface area contributed by atoms with Crippen LogP contribution in [0.1, 0.15) is 42.9 Å². The molecule has 5 nitrogen and oxygen atoms in total. The molecule has 0 radical (unpaired) electrons. The molecule has 0 bridgehead atoms. The van der Waals surface area contributed by atoms with Gasteiger partial charge in [0.25, 0.3) is 0 Å². The maximum absolute atomic E-state index is 11.5. The van der Waals surface area contributed by atoms with Crippen molar-refractivity contribution in [2.24, 2.45) is 0 Å². The summed E-state index contributed by atoms with van der Waals surface area (Å²) in [5.74, 6) is -0.355. The molecular formula is C20H28N2O3. The van der Waals surface area contributed by atoms with Gasteiger partial charge in [-0.2, -0.15) is 0 Å². The average molecular weight is 344 g/mol. The molecule has 3 saturated heterocycles. The Morgan fingerprint density at radius 1 is 1.00 bits per heavy atom. The third-order valence-corrected chi connectivity index (χ3v) is 6.94. The van der Waals surface area contributed by atoms with E-state index in [1.165, 1.54) is 11.1 Å². The van der Waals surface area contributed by atoms with Crippen molar-refractivity contribution in [2.45, 2.75) is 49.0 Å². The topological polar surface area (TPSA) is 54.0 Å². The minimum atomic E-state index is -0.355. The molecule has 2 atom stereocenters. The monoisotopic (exact) mass is 344 g/mol. The van der Waals surface area contributed by atoms with E-state index in [0.717, 1.165) is 51.9 Å². The first kappa shape index (κ1) is 16.2. The molecule has 0 saturated carbocycles. The summed E-state index contributed by atoms with van der Waals surface area (Å²) >= 11 is 0. The minimum absolute atomic E-state index is 0.0813. The highest BCUT2D eigenvalue weighted by Crippen LogP contribution is 2.52. The Kier molecular flexibility index (Phi) is 3.91. The molecule has 136 valence electrons. The fourth-order valence-corrected chi connectivity index (χ4v) is 5.60. The molecule has 2 spiro atoms. The number of nitrogens with zero attached hydrogens (tertiary/aromatic N) is 1. The van der Waals surface area contributed by atoms with Crippen LogP contribution in [0, 0.1) is 0 Å². The second kappa shape index (κ2) is 6.03. The zero-order valence-electron chi connectivity index (χ0n) is 14.7. The fraction of sp³-hybridized carbons (Fsp3) is 0.700. The van der Waals surface area contributed by atoms with E-state index in [0.29, 0.717) is 13.2 Å². The van der Waals surface area contributed by atoms with Gasteiger partial charge in [-0.3, -0.25) is 4.90 Å². The molecule has 3 fully saturated rings. The van der Waals surface area contributed by atoms with E-state index in [4.69, 9.17) is 9.47 Å². The highest BCUT2D eigenvalue weighted by atomic mass is 16.7. The Hall–Kier alpha value is -0.980. The van der Waals surface area contributed by atoms with Crippen LogP contribution in [0.3, 0.4) is 0 Å². The van der Waals surface area contributed by atoms with Gasteiger partial charge in [-0.1, -0.05) is 24.3 Å². The molecule has 4 aliphatic rings. The highest BCUT2D eigenvalue weighted by molar-refractivity contribution is 5.45. The van der Waals surface area contributed by atoms with Gasteiger partial charge in [0.15, 0.2) is 5.79 Å². The van der Waals surface area contributed by atoms with Crippen LogP contribution >= 0.6 is 0 Å². The first-order valence-corrected chi connectivity index (χ1v) is 9.74. The molecule has 2 N–H and O–H groups in total. The van der Waals surface area contributed by atoms with Crippen molar-refractivity contribution < 1.29 is 14.6 Å². The summed E-state index contributed by atoms with van der Waals surface area (Å²) in [7, 11) is 0. The van der Waals surface area contributed by atoms with Crippen molar-refractivity contribution in [1.82, 2.24) is 10.2 Å². The number of piperidine rings is 2. The first-order chi connectivity index (χ1) is 12.2. The highest BCUT2D eigenvalue weighted by Gasteiger charge is 2.54. The summed E-state index contributed by atoms with van der Waals surface area (Å²) < 4.78 is 11.8. The maximum Gasteiger partial charge on any atom is 0.170 e. The van der Waals surface area contributed by atoms with Crippen molar-refractivity contribution in [2.75, 3.05) is 39.4 Å². The van der Waals surface area contributed by atoms with E-state index in [9.17, 15) is 5.11 Å². The fourth-order valence-electron chi connectivity index (χ4n) is 5.60. The molecule has 3 heterocycles. The van der Waals surface area contributed by atoms with E-state index < -0.39 is 0 Å². The molecule has 0 aromatic heterocycles. The molecule has 1 aromatic carbocycles. The summed E-state index contributed by atoms with van der Waals surface area (Å²) in [6, 6.07) is 8.83. The lowest BCUT2D eigenvalue weighted by atomic mass is 9.72. The number of benzene rings is 1. The lowest BCUT2D eigenvalue weighted by Gasteiger charge is -2.44. The number of hydrogen-bond acceptors (Lipinski definition) is 5. The average Bonchev–Trinajstić information content (AvgIpc) is 3.20. The van der Waals surface area contributed by atoms with Crippen molar-refractivity contribution in [3.05, 3.63) is 35.4 Å². The van der Waals surface area contributed by atoms with E-state index in [-0.39, 0.29) is 23.3 Å². The van der Waals surface area contributed by atoms with Crippen LogP contribution in [0.25, 0.3) is 0 Å². The van der Waals surface area contributed by atoms with E-state index in [2.05, 4.69) is 34.5 Å². The molecule has 1 aliphatic carbocycles. The number of aliphatic hydroxyl groups is 1. The van der Waals surface area contributed by atoms with Crippen LogP contribution in [0.2, 0.25) is 0 Å². The quantitative estimate of drug-likeness (QED) is 0.810. The summed E-state index contributed by atoms with van der Waals surface area (Å²) in [5, 5.41) is 14.9. The lowest BCUT2D eigenvalue weighted by molar-refractivity contribution is -0.191. The zero-order valence-corrected chi connectivity index (χ0v) is 14.7. The third kappa shape index (κ3) is 2.41. The third-order valence-electron chi connectivity index (χ3n) is 6.94. The van der Waals surface area contributed by atoms with Gasteiger partial charge in [-0.05, 0) is 37.1 Å². The largest absolute Gasteiger partial charge is 0.390 e. The Morgan fingerprint density at radius 2 is 1.68 bits per heavy atom. The second-order valence-corrected chi connectivity index (χ2v) is 8.03. The number of hydrogen-bond donors (Lipinski definition) is 2. The summed E-state index contributed by atoms with van der Waals surface area (Å²) in [4.78, 5) is 2.47. The van der Waals surface area contributed by atoms with E-state index in [1.807, 2.05) is 0 Å². The SMILES string of the molecule is O[C@H]1[C@H](N2CCC3(CC2)OCCO3)c2ccccc2C12CCNCC2. The summed E-state index contributed by atoms with van der Waals surface area (Å²) in [5.41, 5.74) is 2.63. The van der Waals surface area contributed by atoms with Gasteiger partial charge in [0.2, 0.25) is 0 Å². The Labute approximate surface area is 149 Å². The molecule has 25 heavy (non-hydrogen) atoms. The van der Waals surface area contributed by atoms with Gasteiger partial charge in [-0.25, -0.2) is 0 Å². The van der Waals surface area contributed by atoms with Crippen LogP contribution in [0.5, 0.6) is 0 Å². The smallest absolute Gasteiger partial charge is 0.170 e. The van der Waals surface area contributed by atoms with Crippen LogP contribution in [0.4, 0.5) is 0 Å². The van der Waals surface area contributed by atoms with Crippen LogP contribution in [-0.4, -0.2) is 61.3 Å². The molecule has 1 aromatic rings. The standard InChI is InChI=1S/C20H28N2O3/c23-18-17(22-11-7-20(8-12-22)24-13-14-25-20)15-3-1-2-4-16(15)19(18)5-9-21-10-6-19/h1-4,17-18,21,23H,5-14H2/t17-,18+/m1/s1. The summed E-state index contributed by atoms with van der Waals surface area (Å²) in [6.45, 7) is 5.25. The number of rotatable bonds is 1. The molecule has 5 rings (SSSR count). The van der Waals surface area contributed by atoms with Gasteiger partial charge < -0.3 is 19.9 Å². The second-order valence-electron chi connectivity index (χ2n) is 8.03. The van der Waals surface area contributed by atoms with Gasteiger partial charge in [0.1, 0.15) is 0 Å². The lowest BCUT2D eigenvalue weighted by Crippen LogP contribution is -2.51. The van der Waals surface area contributed by atoms with Crippen LogP contribution in [-0.2, 0) is 14.9 Å². The summed E-state index contributed by atoms with van der Waals surface area (Å²) in [6.07, 6.45) is 3.50. The van der Waals surface area contributed by atoms with Crippen molar-refractivity contribution >= 4 is 0 Å². The molecule has 0 amide bonds. The molecule has 5 heteroatoms. The Morgan fingerprint density at radius 3 is 2.40 bits per heavy atom. The normalized spacial score (nSPS) is 33.8. The molecular weight excluding hydrogens is 316 g/mol.